The van der Waals surface area contributed by atoms with Crippen molar-refractivity contribution in [1.29, 1.82) is 5.26 Å². The monoisotopic (exact) mass is 454 g/mol. The van der Waals surface area contributed by atoms with E-state index in [9.17, 15) is 10.1 Å². The van der Waals surface area contributed by atoms with Gasteiger partial charge in [-0.25, -0.2) is 4.68 Å². The molecule has 0 unspecified atom stereocenters. The Balaban J connectivity index is 1.85. The van der Waals surface area contributed by atoms with Gasteiger partial charge in [0.15, 0.2) is 0 Å². The lowest BCUT2D eigenvalue weighted by Crippen LogP contribution is -2.13. The molecule has 0 aliphatic carbocycles. The zero-order chi connectivity index (χ0) is 24.1. The number of hydrogen-bond acceptors (Lipinski definition) is 6. The summed E-state index contributed by atoms with van der Waals surface area (Å²) in [5.74, 6) is 1.15. The van der Waals surface area contributed by atoms with Gasteiger partial charge in [0.2, 0.25) is 0 Å². The first-order chi connectivity index (χ1) is 16.6. The zero-order valence-corrected chi connectivity index (χ0v) is 18.9. The van der Waals surface area contributed by atoms with E-state index in [2.05, 4.69) is 11.4 Å². The number of hydrogen-bond donors (Lipinski definition) is 1. The quantitative estimate of drug-likeness (QED) is 0.435. The highest BCUT2D eigenvalue weighted by Crippen LogP contribution is 2.36. The van der Waals surface area contributed by atoms with Gasteiger partial charge in [0.05, 0.1) is 49.9 Å². The second-order valence-corrected chi connectivity index (χ2v) is 7.22. The Morgan fingerprint density at radius 2 is 1.68 bits per heavy atom. The summed E-state index contributed by atoms with van der Waals surface area (Å²) >= 11 is 0. The topological polar surface area (TPSA) is 98.4 Å². The molecule has 170 valence electrons. The number of methoxy groups -OCH3 is 3. The molecule has 4 aromatic rings. The molecule has 1 aromatic heterocycles. The summed E-state index contributed by atoms with van der Waals surface area (Å²) in [4.78, 5) is 13.5. The van der Waals surface area contributed by atoms with E-state index in [1.807, 2.05) is 30.3 Å². The van der Waals surface area contributed by atoms with Crippen LogP contribution in [0.15, 0.2) is 72.9 Å². The molecular formula is C26H22N4O4. The van der Waals surface area contributed by atoms with Gasteiger partial charge in [-0.3, -0.25) is 4.79 Å². The fourth-order valence-corrected chi connectivity index (χ4v) is 3.52. The molecule has 0 aliphatic rings. The molecule has 1 amide bonds. The molecule has 0 saturated heterocycles. The SMILES string of the molecule is COc1ccc(OC)c(-c2nn(-c3ccccc3)cc2C(=O)Nc2cc(C#N)ccc2OC)c1. The van der Waals surface area contributed by atoms with Crippen molar-refractivity contribution < 1.29 is 19.0 Å². The molecule has 0 spiro atoms. The summed E-state index contributed by atoms with van der Waals surface area (Å²) in [5, 5.41) is 16.8. The Kier molecular flexibility index (Phi) is 6.46. The Morgan fingerprint density at radius 3 is 2.35 bits per heavy atom. The van der Waals surface area contributed by atoms with Crippen LogP contribution in [0.2, 0.25) is 0 Å². The van der Waals surface area contributed by atoms with Crippen molar-refractivity contribution in [3.05, 3.63) is 84.1 Å². The Hall–Kier alpha value is -4.77. The normalized spacial score (nSPS) is 10.3. The van der Waals surface area contributed by atoms with Gasteiger partial charge < -0.3 is 19.5 Å². The van der Waals surface area contributed by atoms with E-state index in [0.29, 0.717) is 45.3 Å². The van der Waals surface area contributed by atoms with Crippen LogP contribution in [0, 0.1) is 11.3 Å². The van der Waals surface area contributed by atoms with Gasteiger partial charge in [-0.05, 0) is 48.5 Å². The maximum atomic E-state index is 13.5. The molecule has 0 radical (unpaired) electrons. The van der Waals surface area contributed by atoms with E-state index >= 15 is 0 Å². The highest BCUT2D eigenvalue weighted by Gasteiger charge is 2.23. The number of ether oxygens (including phenoxy) is 3. The van der Waals surface area contributed by atoms with Gasteiger partial charge >= 0.3 is 0 Å². The maximum absolute atomic E-state index is 13.5. The fourth-order valence-electron chi connectivity index (χ4n) is 3.52. The second kappa shape index (κ2) is 9.79. The Labute approximate surface area is 196 Å². The number of amides is 1. The third-order valence-electron chi connectivity index (χ3n) is 5.22. The molecule has 0 fully saturated rings. The van der Waals surface area contributed by atoms with E-state index in [1.54, 1.807) is 61.5 Å². The van der Waals surface area contributed by atoms with Crippen LogP contribution in [0.25, 0.3) is 16.9 Å². The van der Waals surface area contributed by atoms with Crippen molar-refractivity contribution in [3.8, 4) is 40.3 Å². The number of nitrogens with zero attached hydrogens (tertiary/aromatic N) is 3. The number of aromatic nitrogens is 2. The standard InChI is InChI=1S/C26H22N4O4/c1-32-19-10-12-23(33-2)20(14-19)25-21(16-30(29-25)18-7-5-4-6-8-18)26(31)28-22-13-17(15-27)9-11-24(22)34-3/h4-14,16H,1-3H3,(H,28,31). The molecule has 0 bridgehead atoms. The first-order valence-electron chi connectivity index (χ1n) is 10.3. The molecule has 8 nitrogen and oxygen atoms in total. The summed E-state index contributed by atoms with van der Waals surface area (Å²) in [7, 11) is 4.62. The van der Waals surface area contributed by atoms with Crippen molar-refractivity contribution >= 4 is 11.6 Å². The van der Waals surface area contributed by atoms with Crippen LogP contribution < -0.4 is 19.5 Å². The number of benzene rings is 3. The Bertz CT molecular complexity index is 1370. The smallest absolute Gasteiger partial charge is 0.259 e. The molecular weight excluding hydrogens is 432 g/mol. The van der Waals surface area contributed by atoms with Gasteiger partial charge in [0.25, 0.3) is 5.91 Å². The summed E-state index contributed by atoms with van der Waals surface area (Å²) < 4.78 is 17.9. The van der Waals surface area contributed by atoms with Crippen LogP contribution in [0.3, 0.4) is 0 Å². The molecule has 8 heteroatoms. The summed E-state index contributed by atoms with van der Waals surface area (Å²) in [6, 6.07) is 21.6. The van der Waals surface area contributed by atoms with Crippen LogP contribution in [-0.2, 0) is 0 Å². The summed E-state index contributed by atoms with van der Waals surface area (Å²) in [5.41, 5.74) is 2.87. The highest BCUT2D eigenvalue weighted by atomic mass is 16.5. The highest BCUT2D eigenvalue weighted by molar-refractivity contribution is 6.09. The second-order valence-electron chi connectivity index (χ2n) is 7.22. The van der Waals surface area contributed by atoms with Crippen LogP contribution in [-0.4, -0.2) is 37.0 Å². The third-order valence-corrected chi connectivity index (χ3v) is 5.22. The summed E-state index contributed by atoms with van der Waals surface area (Å²) in [6.07, 6.45) is 1.65. The fraction of sp³-hybridized carbons (Fsp3) is 0.115. The lowest BCUT2D eigenvalue weighted by molar-refractivity contribution is 0.102. The third kappa shape index (κ3) is 4.40. The lowest BCUT2D eigenvalue weighted by atomic mass is 10.1. The first kappa shape index (κ1) is 22.4. The number of nitriles is 1. The van der Waals surface area contributed by atoms with Gasteiger partial charge in [-0.1, -0.05) is 18.2 Å². The molecule has 3 aromatic carbocycles. The minimum atomic E-state index is -0.421. The zero-order valence-electron chi connectivity index (χ0n) is 18.9. The van der Waals surface area contributed by atoms with Gasteiger partial charge in [0, 0.05) is 11.8 Å². The van der Waals surface area contributed by atoms with Crippen LogP contribution in [0.5, 0.6) is 17.2 Å². The number of rotatable bonds is 7. The number of para-hydroxylation sites is 1. The number of carbonyl (C=O) groups is 1. The average Bonchev–Trinajstić information content (AvgIpc) is 3.34. The van der Waals surface area contributed by atoms with Crippen LogP contribution >= 0.6 is 0 Å². The van der Waals surface area contributed by atoms with E-state index in [4.69, 9.17) is 19.3 Å². The van der Waals surface area contributed by atoms with Crippen molar-refractivity contribution in [2.24, 2.45) is 0 Å². The van der Waals surface area contributed by atoms with Crippen LogP contribution in [0.4, 0.5) is 5.69 Å². The molecule has 1 N–H and O–H groups in total. The van der Waals surface area contributed by atoms with Gasteiger partial charge in [0.1, 0.15) is 22.9 Å². The largest absolute Gasteiger partial charge is 0.497 e. The predicted molar refractivity (Wildman–Crippen MR) is 128 cm³/mol. The van der Waals surface area contributed by atoms with Crippen molar-refractivity contribution in [2.45, 2.75) is 0 Å². The Morgan fingerprint density at radius 1 is 0.941 bits per heavy atom. The first-order valence-corrected chi connectivity index (χ1v) is 10.3. The van der Waals surface area contributed by atoms with E-state index < -0.39 is 5.91 Å². The van der Waals surface area contributed by atoms with Gasteiger partial charge in [-0.2, -0.15) is 10.4 Å². The van der Waals surface area contributed by atoms with Crippen molar-refractivity contribution in [1.82, 2.24) is 9.78 Å². The molecule has 4 rings (SSSR count). The molecule has 0 aliphatic heterocycles. The summed E-state index contributed by atoms with van der Waals surface area (Å²) in [6.45, 7) is 0. The number of nitrogens with one attached hydrogen (secondary N) is 1. The number of carbonyl (C=O) groups excluding carboxylic acids is 1. The minimum absolute atomic E-state index is 0.305. The lowest BCUT2D eigenvalue weighted by Gasteiger charge is -2.12. The maximum Gasteiger partial charge on any atom is 0.259 e. The minimum Gasteiger partial charge on any atom is -0.497 e. The van der Waals surface area contributed by atoms with Crippen molar-refractivity contribution in [3.63, 3.8) is 0 Å². The molecule has 34 heavy (non-hydrogen) atoms. The van der Waals surface area contributed by atoms with E-state index in [-0.39, 0.29) is 0 Å². The van der Waals surface area contributed by atoms with E-state index in [0.717, 1.165) is 5.69 Å². The molecule has 1 heterocycles. The van der Waals surface area contributed by atoms with E-state index in [1.165, 1.54) is 7.11 Å². The predicted octanol–water partition coefficient (Wildman–Crippen LogP) is 4.69. The molecule has 0 saturated carbocycles. The average molecular weight is 454 g/mol. The van der Waals surface area contributed by atoms with Crippen LogP contribution in [0.1, 0.15) is 15.9 Å². The molecule has 0 atom stereocenters. The van der Waals surface area contributed by atoms with Crippen molar-refractivity contribution in [2.75, 3.05) is 26.6 Å². The number of anilines is 1. The van der Waals surface area contributed by atoms with Gasteiger partial charge in [-0.15, -0.1) is 0 Å².